The molecule has 1 unspecified atom stereocenters. The van der Waals surface area contributed by atoms with Gasteiger partial charge in [-0.05, 0) is 13.0 Å². The normalized spacial score (nSPS) is 11.7. The van der Waals surface area contributed by atoms with Crippen molar-refractivity contribution >= 4 is 11.6 Å². The van der Waals surface area contributed by atoms with Crippen LogP contribution in [0, 0.1) is 10.1 Å². The summed E-state index contributed by atoms with van der Waals surface area (Å²) in [6.07, 6.45) is 0. The van der Waals surface area contributed by atoms with Gasteiger partial charge >= 0.3 is 5.69 Å². The van der Waals surface area contributed by atoms with Crippen molar-refractivity contribution in [3.05, 3.63) is 39.7 Å². The summed E-state index contributed by atoms with van der Waals surface area (Å²) in [6, 6.07) is 3.59. The molecule has 10 nitrogen and oxygen atoms in total. The predicted octanol–water partition coefficient (Wildman–Crippen LogP) is 0.607. The van der Waals surface area contributed by atoms with E-state index in [0.717, 1.165) is 0 Å². The third-order valence-corrected chi connectivity index (χ3v) is 2.74. The van der Waals surface area contributed by atoms with Gasteiger partial charge in [-0.3, -0.25) is 14.9 Å². The molecule has 2 rings (SSSR count). The molecule has 110 valence electrons. The van der Waals surface area contributed by atoms with Crippen molar-refractivity contribution < 1.29 is 14.5 Å². The van der Waals surface area contributed by atoms with E-state index in [1.165, 1.54) is 25.3 Å². The lowest BCUT2D eigenvalue weighted by Crippen LogP contribution is -2.28. The van der Waals surface area contributed by atoms with Gasteiger partial charge < -0.3 is 10.1 Å². The van der Waals surface area contributed by atoms with Gasteiger partial charge in [0.1, 0.15) is 0 Å². The molecule has 1 atom stereocenters. The van der Waals surface area contributed by atoms with Crippen LogP contribution in [0.5, 0.6) is 5.75 Å². The summed E-state index contributed by atoms with van der Waals surface area (Å²) in [5.74, 6) is -0.332. The molecule has 21 heavy (non-hydrogen) atoms. The zero-order chi connectivity index (χ0) is 15.4. The number of hydrogen-bond donors (Lipinski definition) is 2. The maximum atomic E-state index is 12.2. The number of rotatable bonds is 5. The summed E-state index contributed by atoms with van der Waals surface area (Å²) in [5, 5.41) is 26.7. The summed E-state index contributed by atoms with van der Waals surface area (Å²) in [6.45, 7) is 1.66. The van der Waals surface area contributed by atoms with Crippen molar-refractivity contribution in [2.24, 2.45) is 0 Å². The molecular weight excluding hydrogens is 280 g/mol. The van der Waals surface area contributed by atoms with Crippen LogP contribution in [-0.2, 0) is 0 Å². The smallest absolute Gasteiger partial charge is 0.311 e. The quantitative estimate of drug-likeness (QED) is 0.608. The number of ether oxygens (including phenoxy) is 1. The van der Waals surface area contributed by atoms with Crippen molar-refractivity contribution in [2.45, 2.75) is 13.0 Å². The fourth-order valence-electron chi connectivity index (χ4n) is 1.75. The molecule has 1 heterocycles. The van der Waals surface area contributed by atoms with Crippen molar-refractivity contribution in [1.29, 1.82) is 0 Å². The van der Waals surface area contributed by atoms with Gasteiger partial charge in [0.05, 0.1) is 23.6 Å². The molecular formula is C11H12N6O4. The van der Waals surface area contributed by atoms with E-state index < -0.39 is 16.9 Å². The van der Waals surface area contributed by atoms with Gasteiger partial charge in [0, 0.05) is 6.07 Å². The second kappa shape index (κ2) is 5.94. The van der Waals surface area contributed by atoms with Crippen molar-refractivity contribution in [1.82, 2.24) is 25.9 Å². The summed E-state index contributed by atoms with van der Waals surface area (Å²) in [5.41, 5.74) is -0.223. The minimum absolute atomic E-state index is 0.0574. The SMILES string of the molecule is COc1c(C(=O)NC(C)c2nn[nH]n2)cccc1[N+](=O)[O-]. The second-order valence-corrected chi connectivity index (χ2v) is 4.08. The Morgan fingerprint density at radius 3 is 2.86 bits per heavy atom. The van der Waals surface area contributed by atoms with Gasteiger partial charge in [-0.2, -0.15) is 5.21 Å². The molecule has 0 radical (unpaired) electrons. The lowest BCUT2D eigenvalue weighted by Gasteiger charge is -2.12. The fourth-order valence-corrected chi connectivity index (χ4v) is 1.75. The Labute approximate surface area is 118 Å². The van der Waals surface area contributed by atoms with Crippen LogP contribution in [0.25, 0.3) is 0 Å². The highest BCUT2D eigenvalue weighted by molar-refractivity contribution is 5.98. The molecule has 2 N–H and O–H groups in total. The molecule has 0 saturated carbocycles. The molecule has 2 aromatic rings. The Morgan fingerprint density at radius 2 is 2.29 bits per heavy atom. The number of hydrogen-bond acceptors (Lipinski definition) is 7. The number of nitrogens with zero attached hydrogens (tertiary/aromatic N) is 4. The number of methoxy groups -OCH3 is 1. The first-order valence-electron chi connectivity index (χ1n) is 5.90. The number of carbonyl (C=O) groups excluding carboxylic acids is 1. The Morgan fingerprint density at radius 1 is 1.52 bits per heavy atom. The number of nitro benzene ring substituents is 1. The molecule has 1 aromatic heterocycles. The summed E-state index contributed by atoms with van der Waals surface area (Å²) >= 11 is 0. The van der Waals surface area contributed by atoms with Crippen LogP contribution >= 0.6 is 0 Å². The number of amides is 1. The van der Waals surface area contributed by atoms with E-state index in [1.54, 1.807) is 6.92 Å². The van der Waals surface area contributed by atoms with Crippen LogP contribution in [0.15, 0.2) is 18.2 Å². The van der Waals surface area contributed by atoms with Gasteiger partial charge in [-0.25, -0.2) is 0 Å². The first-order valence-corrected chi connectivity index (χ1v) is 5.90. The lowest BCUT2D eigenvalue weighted by molar-refractivity contribution is -0.385. The van der Waals surface area contributed by atoms with Gasteiger partial charge in [-0.15, -0.1) is 10.2 Å². The van der Waals surface area contributed by atoms with E-state index in [1.807, 2.05) is 0 Å². The molecule has 0 saturated heterocycles. The van der Waals surface area contributed by atoms with Crippen LogP contribution in [0.2, 0.25) is 0 Å². The molecule has 0 aliphatic carbocycles. The molecule has 0 aliphatic rings. The average molecular weight is 292 g/mol. The number of aromatic nitrogens is 4. The Bertz CT molecular complexity index is 657. The standard InChI is InChI=1S/C11H12N6O4/c1-6(10-13-15-16-14-10)12-11(18)7-4-3-5-8(17(19)20)9(7)21-2/h3-6H,1-2H3,(H,12,18)(H,13,14,15,16). The molecule has 0 aliphatic heterocycles. The minimum atomic E-state index is -0.613. The van der Waals surface area contributed by atoms with Crippen LogP contribution < -0.4 is 10.1 Å². The Kier molecular flexibility index (Phi) is 4.07. The maximum absolute atomic E-state index is 12.2. The third-order valence-electron chi connectivity index (χ3n) is 2.74. The summed E-state index contributed by atoms with van der Waals surface area (Å²) in [4.78, 5) is 22.5. The number of aromatic amines is 1. The number of nitro groups is 1. The van der Waals surface area contributed by atoms with Gasteiger partial charge in [-0.1, -0.05) is 11.3 Å². The Hall–Kier alpha value is -3.04. The van der Waals surface area contributed by atoms with E-state index in [0.29, 0.717) is 5.82 Å². The maximum Gasteiger partial charge on any atom is 0.311 e. The topological polar surface area (TPSA) is 136 Å². The van der Waals surface area contributed by atoms with Crippen LogP contribution in [0.3, 0.4) is 0 Å². The number of nitrogens with one attached hydrogen (secondary N) is 2. The van der Waals surface area contributed by atoms with Gasteiger partial charge in [0.15, 0.2) is 5.82 Å². The predicted molar refractivity (Wildman–Crippen MR) is 69.7 cm³/mol. The number of tetrazole rings is 1. The van der Waals surface area contributed by atoms with Crippen molar-refractivity contribution in [3.63, 3.8) is 0 Å². The van der Waals surface area contributed by atoms with E-state index in [-0.39, 0.29) is 17.0 Å². The zero-order valence-electron chi connectivity index (χ0n) is 11.2. The highest BCUT2D eigenvalue weighted by Crippen LogP contribution is 2.30. The van der Waals surface area contributed by atoms with Crippen molar-refractivity contribution in [2.75, 3.05) is 7.11 Å². The number of para-hydroxylation sites is 1. The zero-order valence-corrected chi connectivity index (χ0v) is 11.2. The lowest BCUT2D eigenvalue weighted by atomic mass is 10.1. The Balaban J connectivity index is 2.27. The molecule has 10 heteroatoms. The fraction of sp³-hybridized carbons (Fsp3) is 0.273. The van der Waals surface area contributed by atoms with E-state index in [9.17, 15) is 14.9 Å². The highest BCUT2D eigenvalue weighted by Gasteiger charge is 2.24. The van der Waals surface area contributed by atoms with E-state index >= 15 is 0 Å². The molecule has 0 fully saturated rings. The van der Waals surface area contributed by atoms with E-state index in [2.05, 4.69) is 25.9 Å². The van der Waals surface area contributed by atoms with Crippen LogP contribution in [0.4, 0.5) is 5.69 Å². The number of H-pyrrole nitrogens is 1. The average Bonchev–Trinajstić information content (AvgIpc) is 3.00. The number of carbonyl (C=O) groups is 1. The molecule has 1 aromatic carbocycles. The van der Waals surface area contributed by atoms with Crippen LogP contribution in [0.1, 0.15) is 29.1 Å². The number of benzene rings is 1. The third kappa shape index (κ3) is 2.94. The van der Waals surface area contributed by atoms with Crippen LogP contribution in [-0.4, -0.2) is 38.6 Å². The molecule has 0 spiro atoms. The van der Waals surface area contributed by atoms with Gasteiger partial charge in [0.2, 0.25) is 5.75 Å². The summed E-state index contributed by atoms with van der Waals surface area (Å²) in [7, 11) is 1.27. The van der Waals surface area contributed by atoms with Gasteiger partial charge in [0.25, 0.3) is 5.91 Å². The van der Waals surface area contributed by atoms with Crippen molar-refractivity contribution in [3.8, 4) is 5.75 Å². The molecule has 0 bridgehead atoms. The monoisotopic (exact) mass is 292 g/mol. The minimum Gasteiger partial charge on any atom is -0.490 e. The first-order chi connectivity index (χ1) is 10.0. The highest BCUT2D eigenvalue weighted by atomic mass is 16.6. The largest absolute Gasteiger partial charge is 0.490 e. The second-order valence-electron chi connectivity index (χ2n) is 4.08. The molecule has 1 amide bonds. The summed E-state index contributed by atoms with van der Waals surface area (Å²) < 4.78 is 4.98. The van der Waals surface area contributed by atoms with E-state index in [4.69, 9.17) is 4.74 Å². The first kappa shape index (κ1) is 14.4.